The number of nitrogens with one attached hydrogen (secondary N) is 1. The molecule has 1 unspecified atom stereocenters. The van der Waals surface area contributed by atoms with Gasteiger partial charge in [0.25, 0.3) is 0 Å². The number of benzene rings is 1. The van der Waals surface area contributed by atoms with Crippen LogP contribution < -0.4 is 5.32 Å². The molecule has 0 radical (unpaired) electrons. The molecule has 0 aliphatic carbocycles. The van der Waals surface area contributed by atoms with Crippen LogP contribution in [0.25, 0.3) is 0 Å². The summed E-state index contributed by atoms with van der Waals surface area (Å²) in [5.74, 6) is 0. The van der Waals surface area contributed by atoms with E-state index in [1.165, 1.54) is 16.7 Å². The summed E-state index contributed by atoms with van der Waals surface area (Å²) in [6.45, 7) is 7.34. The van der Waals surface area contributed by atoms with Crippen molar-refractivity contribution in [1.29, 1.82) is 0 Å². The molecule has 1 aromatic rings. The van der Waals surface area contributed by atoms with Crippen molar-refractivity contribution in [3.63, 3.8) is 0 Å². The number of aryl methyl sites for hydroxylation is 2. The van der Waals surface area contributed by atoms with E-state index in [4.69, 9.17) is 14.2 Å². The zero-order chi connectivity index (χ0) is 14.8. The van der Waals surface area contributed by atoms with Crippen molar-refractivity contribution in [2.24, 2.45) is 0 Å². The summed E-state index contributed by atoms with van der Waals surface area (Å²) < 4.78 is 15.9. The third-order valence-corrected chi connectivity index (χ3v) is 3.08. The first-order valence-corrected chi connectivity index (χ1v) is 7.07. The summed E-state index contributed by atoms with van der Waals surface area (Å²) in [6, 6.07) is 6.80. The molecule has 0 amide bonds. The first-order valence-electron chi connectivity index (χ1n) is 7.07. The smallest absolute Gasteiger partial charge is 0.0701 e. The van der Waals surface area contributed by atoms with E-state index in [0.29, 0.717) is 33.0 Å². The molecule has 0 saturated heterocycles. The molecule has 0 aromatic heterocycles. The fraction of sp³-hybridized carbons (Fsp3) is 0.625. The third-order valence-electron chi connectivity index (χ3n) is 3.08. The zero-order valence-corrected chi connectivity index (χ0v) is 13.1. The number of hydrogen-bond donors (Lipinski definition) is 1. The van der Waals surface area contributed by atoms with E-state index in [2.05, 4.69) is 37.4 Å². The Balaban J connectivity index is 2.32. The molecule has 0 spiro atoms. The fourth-order valence-electron chi connectivity index (χ4n) is 2.12. The normalized spacial score (nSPS) is 12.6. The van der Waals surface area contributed by atoms with Crippen LogP contribution in [0.4, 0.5) is 0 Å². The van der Waals surface area contributed by atoms with Crippen molar-refractivity contribution in [1.82, 2.24) is 5.32 Å². The quantitative estimate of drug-likeness (QED) is 0.668. The van der Waals surface area contributed by atoms with E-state index in [-0.39, 0.29) is 6.04 Å². The Hall–Kier alpha value is -0.940. The average molecular weight is 281 g/mol. The Morgan fingerprint density at radius 3 is 2.15 bits per heavy atom. The minimum Gasteiger partial charge on any atom is -0.382 e. The second-order valence-corrected chi connectivity index (χ2v) is 4.94. The van der Waals surface area contributed by atoms with Crippen LogP contribution in [0.2, 0.25) is 0 Å². The monoisotopic (exact) mass is 281 g/mol. The first kappa shape index (κ1) is 17.1. The number of methoxy groups -OCH3 is 1. The molecule has 1 rings (SSSR count). The van der Waals surface area contributed by atoms with Gasteiger partial charge in [-0.1, -0.05) is 29.3 Å². The van der Waals surface area contributed by atoms with E-state index >= 15 is 0 Å². The summed E-state index contributed by atoms with van der Waals surface area (Å²) in [7, 11) is 3.63. The van der Waals surface area contributed by atoms with Gasteiger partial charge in [0.05, 0.1) is 39.1 Å². The predicted molar refractivity (Wildman–Crippen MR) is 81.2 cm³/mol. The first-order chi connectivity index (χ1) is 9.67. The topological polar surface area (TPSA) is 39.7 Å². The highest BCUT2D eigenvalue weighted by molar-refractivity contribution is 5.30. The zero-order valence-electron chi connectivity index (χ0n) is 13.1. The van der Waals surface area contributed by atoms with Gasteiger partial charge < -0.3 is 19.5 Å². The molecule has 0 aliphatic heterocycles. The lowest BCUT2D eigenvalue weighted by molar-refractivity contribution is 0.0197. The molecule has 1 aromatic carbocycles. The second kappa shape index (κ2) is 9.88. The van der Waals surface area contributed by atoms with Gasteiger partial charge in [0.15, 0.2) is 0 Å². The summed E-state index contributed by atoms with van der Waals surface area (Å²) in [5, 5.41) is 3.30. The largest absolute Gasteiger partial charge is 0.382 e. The van der Waals surface area contributed by atoms with Crippen LogP contribution >= 0.6 is 0 Å². The second-order valence-electron chi connectivity index (χ2n) is 4.94. The molecule has 4 nitrogen and oxygen atoms in total. The molecule has 114 valence electrons. The van der Waals surface area contributed by atoms with Crippen LogP contribution in [-0.4, -0.2) is 47.2 Å². The van der Waals surface area contributed by atoms with Crippen molar-refractivity contribution in [3.05, 3.63) is 34.9 Å². The van der Waals surface area contributed by atoms with Crippen LogP contribution in [0.5, 0.6) is 0 Å². The lowest BCUT2D eigenvalue weighted by atomic mass is 10.0. The summed E-state index contributed by atoms with van der Waals surface area (Å²) >= 11 is 0. The van der Waals surface area contributed by atoms with Crippen molar-refractivity contribution >= 4 is 0 Å². The molecule has 0 saturated carbocycles. The van der Waals surface area contributed by atoms with Gasteiger partial charge in [-0.15, -0.1) is 0 Å². The third kappa shape index (κ3) is 6.48. The van der Waals surface area contributed by atoms with Gasteiger partial charge >= 0.3 is 0 Å². The van der Waals surface area contributed by atoms with Crippen LogP contribution in [0.1, 0.15) is 22.7 Å². The van der Waals surface area contributed by atoms with Gasteiger partial charge in [-0.2, -0.15) is 0 Å². The molecule has 1 N–H and O–H groups in total. The van der Waals surface area contributed by atoms with Gasteiger partial charge in [0, 0.05) is 7.11 Å². The van der Waals surface area contributed by atoms with Gasteiger partial charge in [0.2, 0.25) is 0 Å². The van der Waals surface area contributed by atoms with Gasteiger partial charge in [-0.05, 0) is 26.5 Å². The van der Waals surface area contributed by atoms with Crippen molar-refractivity contribution in [2.75, 3.05) is 47.2 Å². The predicted octanol–water partition coefficient (Wildman–Crippen LogP) is 2.24. The minimum atomic E-state index is 0.215. The lowest BCUT2D eigenvalue weighted by Gasteiger charge is -2.18. The molecule has 0 heterocycles. The summed E-state index contributed by atoms with van der Waals surface area (Å²) in [4.78, 5) is 0. The molecular formula is C16H27NO3. The Kier molecular flexibility index (Phi) is 8.46. The number of hydrogen-bond acceptors (Lipinski definition) is 4. The maximum atomic E-state index is 5.67. The SMILES string of the molecule is CNC(COCCOCCOC)c1cc(C)cc(C)c1. The van der Waals surface area contributed by atoms with Gasteiger partial charge in [0.1, 0.15) is 0 Å². The molecule has 1 atom stereocenters. The van der Waals surface area contributed by atoms with Crippen molar-refractivity contribution in [2.45, 2.75) is 19.9 Å². The molecular weight excluding hydrogens is 254 g/mol. The summed E-state index contributed by atoms with van der Waals surface area (Å²) in [5.41, 5.74) is 3.83. The Bertz CT molecular complexity index is 362. The maximum absolute atomic E-state index is 5.67. The Morgan fingerprint density at radius 1 is 0.950 bits per heavy atom. The molecule has 0 aliphatic rings. The highest BCUT2D eigenvalue weighted by Gasteiger charge is 2.10. The number of rotatable bonds is 10. The van der Waals surface area contributed by atoms with E-state index in [0.717, 1.165) is 0 Å². The standard InChI is InChI=1S/C16H27NO3/c1-13-9-14(2)11-15(10-13)16(17-3)12-20-8-7-19-6-5-18-4/h9-11,16-17H,5-8,12H2,1-4H3. The van der Waals surface area contributed by atoms with E-state index in [9.17, 15) is 0 Å². The molecule has 0 bridgehead atoms. The lowest BCUT2D eigenvalue weighted by Crippen LogP contribution is -2.23. The molecule has 0 fully saturated rings. The van der Waals surface area contributed by atoms with E-state index in [1.54, 1.807) is 7.11 Å². The number of ether oxygens (including phenoxy) is 3. The summed E-state index contributed by atoms with van der Waals surface area (Å²) in [6.07, 6.45) is 0. The molecule has 4 heteroatoms. The van der Waals surface area contributed by atoms with Crippen LogP contribution in [0.3, 0.4) is 0 Å². The van der Waals surface area contributed by atoms with Crippen LogP contribution in [0, 0.1) is 13.8 Å². The van der Waals surface area contributed by atoms with Gasteiger partial charge in [-0.3, -0.25) is 0 Å². The van der Waals surface area contributed by atoms with Crippen molar-refractivity contribution < 1.29 is 14.2 Å². The highest BCUT2D eigenvalue weighted by Crippen LogP contribution is 2.17. The Labute approximate surface area is 122 Å². The highest BCUT2D eigenvalue weighted by atomic mass is 16.5. The maximum Gasteiger partial charge on any atom is 0.0701 e. The van der Waals surface area contributed by atoms with Crippen LogP contribution in [-0.2, 0) is 14.2 Å². The minimum absolute atomic E-state index is 0.215. The van der Waals surface area contributed by atoms with E-state index < -0.39 is 0 Å². The van der Waals surface area contributed by atoms with Crippen LogP contribution in [0.15, 0.2) is 18.2 Å². The van der Waals surface area contributed by atoms with Crippen molar-refractivity contribution in [3.8, 4) is 0 Å². The average Bonchev–Trinajstić information content (AvgIpc) is 2.41. The molecule has 20 heavy (non-hydrogen) atoms. The van der Waals surface area contributed by atoms with E-state index in [1.807, 2.05) is 7.05 Å². The number of likely N-dealkylation sites (N-methyl/N-ethyl adjacent to an activating group) is 1. The Morgan fingerprint density at radius 2 is 1.55 bits per heavy atom. The van der Waals surface area contributed by atoms with Gasteiger partial charge in [-0.25, -0.2) is 0 Å². The fourth-order valence-corrected chi connectivity index (χ4v) is 2.12.